The van der Waals surface area contributed by atoms with E-state index < -0.39 is 0 Å². The molecule has 1 aromatic heterocycles. The SMILES string of the molecule is Cc1ccc(C)c(-c2ncc(CCN)s2)c1. The van der Waals surface area contributed by atoms with Gasteiger partial charge < -0.3 is 5.73 Å². The molecule has 2 rings (SSSR count). The number of aryl methyl sites for hydroxylation is 2. The van der Waals surface area contributed by atoms with Gasteiger partial charge in [0, 0.05) is 16.6 Å². The van der Waals surface area contributed by atoms with Crippen molar-refractivity contribution in [3.8, 4) is 10.6 Å². The van der Waals surface area contributed by atoms with Crippen LogP contribution in [0.2, 0.25) is 0 Å². The number of rotatable bonds is 3. The Morgan fingerprint density at radius 1 is 1.31 bits per heavy atom. The summed E-state index contributed by atoms with van der Waals surface area (Å²) in [5.74, 6) is 0. The Kier molecular flexibility index (Phi) is 3.36. The Morgan fingerprint density at radius 2 is 2.12 bits per heavy atom. The molecule has 0 radical (unpaired) electrons. The van der Waals surface area contributed by atoms with Crippen LogP contribution in [0.3, 0.4) is 0 Å². The van der Waals surface area contributed by atoms with Gasteiger partial charge in [-0.1, -0.05) is 17.7 Å². The highest BCUT2D eigenvalue weighted by Gasteiger charge is 2.07. The summed E-state index contributed by atoms with van der Waals surface area (Å²) in [6.45, 7) is 4.92. The van der Waals surface area contributed by atoms with Crippen LogP contribution >= 0.6 is 11.3 Å². The van der Waals surface area contributed by atoms with Crippen molar-refractivity contribution in [1.82, 2.24) is 4.98 Å². The fourth-order valence-electron chi connectivity index (χ4n) is 1.66. The predicted octanol–water partition coefficient (Wildman–Crippen LogP) is 2.93. The minimum absolute atomic E-state index is 0.689. The van der Waals surface area contributed by atoms with Gasteiger partial charge in [-0.3, -0.25) is 0 Å². The smallest absolute Gasteiger partial charge is 0.123 e. The van der Waals surface area contributed by atoms with Gasteiger partial charge in [-0.25, -0.2) is 4.98 Å². The fourth-order valence-corrected chi connectivity index (χ4v) is 2.67. The van der Waals surface area contributed by atoms with Crippen molar-refractivity contribution in [1.29, 1.82) is 0 Å². The zero-order chi connectivity index (χ0) is 11.5. The standard InChI is InChI=1S/C13H16N2S/c1-9-3-4-10(2)12(7-9)13-15-8-11(16-13)5-6-14/h3-4,7-8H,5-6,14H2,1-2H3. The van der Waals surface area contributed by atoms with Crippen molar-refractivity contribution in [3.05, 3.63) is 40.4 Å². The summed E-state index contributed by atoms with van der Waals surface area (Å²) >= 11 is 1.74. The average Bonchev–Trinajstić information content (AvgIpc) is 2.71. The largest absolute Gasteiger partial charge is 0.330 e. The highest BCUT2D eigenvalue weighted by atomic mass is 32.1. The zero-order valence-electron chi connectivity index (χ0n) is 9.66. The first kappa shape index (κ1) is 11.3. The Hall–Kier alpha value is -1.19. The Balaban J connectivity index is 2.38. The summed E-state index contributed by atoms with van der Waals surface area (Å²) in [6.07, 6.45) is 2.86. The molecule has 16 heavy (non-hydrogen) atoms. The normalized spacial score (nSPS) is 10.7. The molecule has 84 valence electrons. The highest BCUT2D eigenvalue weighted by Crippen LogP contribution is 2.28. The Morgan fingerprint density at radius 3 is 2.88 bits per heavy atom. The third-order valence-corrected chi connectivity index (χ3v) is 3.66. The molecule has 0 aliphatic heterocycles. The number of nitrogens with two attached hydrogens (primary N) is 1. The van der Waals surface area contributed by atoms with E-state index in [1.165, 1.54) is 21.6 Å². The second-order valence-electron chi connectivity index (χ2n) is 3.99. The first-order valence-electron chi connectivity index (χ1n) is 5.43. The number of hydrogen-bond donors (Lipinski definition) is 1. The van der Waals surface area contributed by atoms with Gasteiger partial charge in [-0.05, 0) is 38.4 Å². The molecule has 0 saturated carbocycles. The van der Waals surface area contributed by atoms with Crippen molar-refractivity contribution in [3.63, 3.8) is 0 Å². The number of benzene rings is 1. The molecule has 2 N–H and O–H groups in total. The fraction of sp³-hybridized carbons (Fsp3) is 0.308. The molecule has 0 fully saturated rings. The lowest BCUT2D eigenvalue weighted by Gasteiger charge is -2.03. The quantitative estimate of drug-likeness (QED) is 0.883. The lowest BCUT2D eigenvalue weighted by Crippen LogP contribution is -2.00. The van der Waals surface area contributed by atoms with Crippen molar-refractivity contribution >= 4 is 11.3 Å². The maximum atomic E-state index is 5.54. The van der Waals surface area contributed by atoms with E-state index in [0.29, 0.717) is 6.54 Å². The van der Waals surface area contributed by atoms with E-state index in [9.17, 15) is 0 Å². The molecule has 1 aromatic carbocycles. The molecule has 1 heterocycles. The van der Waals surface area contributed by atoms with Crippen molar-refractivity contribution < 1.29 is 0 Å². The van der Waals surface area contributed by atoms with E-state index in [0.717, 1.165) is 11.4 Å². The van der Waals surface area contributed by atoms with Crippen LogP contribution in [-0.4, -0.2) is 11.5 Å². The predicted molar refractivity (Wildman–Crippen MR) is 69.8 cm³/mol. The van der Waals surface area contributed by atoms with Crippen LogP contribution in [0.5, 0.6) is 0 Å². The molecule has 2 nitrogen and oxygen atoms in total. The third-order valence-electron chi connectivity index (χ3n) is 2.57. The summed E-state index contributed by atoms with van der Waals surface area (Å²) in [5, 5.41) is 1.10. The van der Waals surface area contributed by atoms with Crippen LogP contribution in [0.1, 0.15) is 16.0 Å². The summed E-state index contributed by atoms with van der Waals surface area (Å²) in [7, 11) is 0. The van der Waals surface area contributed by atoms with Crippen LogP contribution in [0.15, 0.2) is 24.4 Å². The lowest BCUT2D eigenvalue weighted by molar-refractivity contribution is 0.984. The van der Waals surface area contributed by atoms with Crippen molar-refractivity contribution in [2.45, 2.75) is 20.3 Å². The zero-order valence-corrected chi connectivity index (χ0v) is 10.5. The average molecular weight is 232 g/mol. The maximum Gasteiger partial charge on any atom is 0.123 e. The van der Waals surface area contributed by atoms with Crippen LogP contribution in [0.25, 0.3) is 10.6 Å². The molecule has 3 heteroatoms. The molecule has 0 saturated heterocycles. The van der Waals surface area contributed by atoms with Gasteiger partial charge in [-0.15, -0.1) is 11.3 Å². The molecule has 0 unspecified atom stereocenters. The molecular formula is C13H16N2S. The molecule has 0 spiro atoms. The third kappa shape index (κ3) is 2.31. The Labute approximate surface area is 100 Å². The number of aromatic nitrogens is 1. The van der Waals surface area contributed by atoms with E-state index >= 15 is 0 Å². The van der Waals surface area contributed by atoms with Crippen LogP contribution in [-0.2, 0) is 6.42 Å². The second kappa shape index (κ2) is 4.76. The minimum atomic E-state index is 0.689. The lowest BCUT2D eigenvalue weighted by atomic mass is 10.1. The summed E-state index contributed by atoms with van der Waals surface area (Å²) < 4.78 is 0. The van der Waals surface area contributed by atoms with Crippen LogP contribution < -0.4 is 5.73 Å². The summed E-state index contributed by atoms with van der Waals surface area (Å²) in [4.78, 5) is 5.73. The molecule has 2 aromatic rings. The van der Waals surface area contributed by atoms with E-state index in [-0.39, 0.29) is 0 Å². The van der Waals surface area contributed by atoms with E-state index in [1.54, 1.807) is 11.3 Å². The highest BCUT2D eigenvalue weighted by molar-refractivity contribution is 7.15. The molecule has 0 bridgehead atoms. The maximum absolute atomic E-state index is 5.54. The Bertz CT molecular complexity index is 488. The van der Waals surface area contributed by atoms with Gasteiger partial charge in [0.1, 0.15) is 5.01 Å². The van der Waals surface area contributed by atoms with Crippen molar-refractivity contribution in [2.24, 2.45) is 5.73 Å². The first-order valence-corrected chi connectivity index (χ1v) is 6.25. The molecule has 0 aliphatic rings. The van der Waals surface area contributed by atoms with Crippen LogP contribution in [0, 0.1) is 13.8 Å². The minimum Gasteiger partial charge on any atom is -0.330 e. The molecule has 0 atom stereocenters. The number of hydrogen-bond acceptors (Lipinski definition) is 3. The van der Waals surface area contributed by atoms with E-state index in [2.05, 4.69) is 37.0 Å². The molecular weight excluding hydrogens is 216 g/mol. The van der Waals surface area contributed by atoms with Gasteiger partial charge in [0.15, 0.2) is 0 Å². The second-order valence-corrected chi connectivity index (χ2v) is 5.10. The monoisotopic (exact) mass is 232 g/mol. The van der Waals surface area contributed by atoms with Crippen LogP contribution in [0.4, 0.5) is 0 Å². The van der Waals surface area contributed by atoms with Gasteiger partial charge >= 0.3 is 0 Å². The topological polar surface area (TPSA) is 38.9 Å². The van der Waals surface area contributed by atoms with Crippen molar-refractivity contribution in [2.75, 3.05) is 6.54 Å². The van der Waals surface area contributed by atoms with Gasteiger partial charge in [0.2, 0.25) is 0 Å². The molecule has 0 amide bonds. The summed E-state index contributed by atoms with van der Waals surface area (Å²) in [5.41, 5.74) is 9.34. The van der Waals surface area contributed by atoms with Gasteiger partial charge in [-0.2, -0.15) is 0 Å². The summed E-state index contributed by atoms with van der Waals surface area (Å²) in [6, 6.07) is 6.47. The van der Waals surface area contributed by atoms with E-state index in [4.69, 9.17) is 5.73 Å². The van der Waals surface area contributed by atoms with Gasteiger partial charge in [0.05, 0.1) is 0 Å². The van der Waals surface area contributed by atoms with Gasteiger partial charge in [0.25, 0.3) is 0 Å². The first-order chi connectivity index (χ1) is 7.70. The molecule has 0 aliphatic carbocycles. The van der Waals surface area contributed by atoms with E-state index in [1.807, 2.05) is 6.20 Å². The number of thiazole rings is 1. The number of nitrogens with zero attached hydrogens (tertiary/aromatic N) is 1.